The van der Waals surface area contributed by atoms with Gasteiger partial charge in [0.1, 0.15) is 0 Å². The number of hydrogen-bond donors (Lipinski definition) is 0. The van der Waals surface area contributed by atoms with Crippen molar-refractivity contribution in [2.45, 2.75) is 80.6 Å². The van der Waals surface area contributed by atoms with Gasteiger partial charge in [-0.05, 0) is 36.0 Å². The molecule has 0 amide bonds. The first-order valence-corrected chi connectivity index (χ1v) is 7.92. The zero-order valence-corrected chi connectivity index (χ0v) is 13.4. The van der Waals surface area contributed by atoms with E-state index in [1.165, 1.54) is 32.1 Å². The fourth-order valence-electron chi connectivity index (χ4n) is 2.78. The average molecular weight is 240 g/mol. The lowest BCUT2D eigenvalue weighted by molar-refractivity contribution is 0.264. The Labute approximate surface area is 111 Å². The van der Waals surface area contributed by atoms with E-state index in [4.69, 9.17) is 0 Å². The molecule has 0 saturated heterocycles. The smallest absolute Gasteiger partial charge is 0.0391 e. The Kier molecular flexibility index (Phi) is 9.00. The van der Waals surface area contributed by atoms with Gasteiger partial charge in [-0.25, -0.2) is 0 Å². The first kappa shape index (κ1) is 17.0. The van der Waals surface area contributed by atoms with Crippen molar-refractivity contribution in [2.75, 3.05) is 0 Å². The molecule has 104 valence electrons. The van der Waals surface area contributed by atoms with Crippen LogP contribution in [-0.4, -0.2) is 0 Å². The monoisotopic (exact) mass is 240 g/mol. The largest absolute Gasteiger partial charge is 0.0651 e. The lowest BCUT2D eigenvalue weighted by atomic mass is 9.81. The molecule has 0 bridgehead atoms. The van der Waals surface area contributed by atoms with E-state index in [0.29, 0.717) is 0 Å². The third-order valence-corrected chi connectivity index (χ3v) is 4.90. The summed E-state index contributed by atoms with van der Waals surface area (Å²) in [6.45, 7) is 16.7. The Balaban J connectivity index is 3.89. The molecule has 0 heteroatoms. The van der Waals surface area contributed by atoms with Gasteiger partial charge in [-0.1, -0.05) is 74.1 Å². The molecule has 0 aliphatic carbocycles. The summed E-state index contributed by atoms with van der Waals surface area (Å²) in [6.07, 6.45) is 6.96. The average Bonchev–Trinajstić information content (AvgIpc) is 2.31. The summed E-state index contributed by atoms with van der Waals surface area (Å²) in [4.78, 5) is 0. The van der Waals surface area contributed by atoms with Crippen LogP contribution in [-0.2, 0) is 0 Å². The maximum atomic E-state index is 2.45. The van der Waals surface area contributed by atoms with E-state index < -0.39 is 0 Å². The molecule has 0 saturated carbocycles. The van der Waals surface area contributed by atoms with Gasteiger partial charge < -0.3 is 0 Å². The van der Waals surface area contributed by atoms with Crippen LogP contribution in [0.15, 0.2) is 0 Å². The molecule has 0 spiro atoms. The predicted molar refractivity (Wildman–Crippen MR) is 80.3 cm³/mol. The van der Waals surface area contributed by atoms with E-state index in [1.54, 1.807) is 0 Å². The van der Waals surface area contributed by atoms with E-state index in [-0.39, 0.29) is 0 Å². The van der Waals surface area contributed by atoms with E-state index in [9.17, 15) is 0 Å². The van der Waals surface area contributed by atoms with Crippen molar-refractivity contribution in [3.8, 4) is 0 Å². The minimum atomic E-state index is 0.856. The molecule has 0 aromatic rings. The molecule has 0 aromatic carbocycles. The highest BCUT2D eigenvalue weighted by molar-refractivity contribution is 4.68. The number of rotatable bonds is 9. The van der Waals surface area contributed by atoms with Crippen molar-refractivity contribution in [3.63, 3.8) is 0 Å². The van der Waals surface area contributed by atoms with Gasteiger partial charge in [0.25, 0.3) is 0 Å². The van der Waals surface area contributed by atoms with Crippen molar-refractivity contribution >= 4 is 0 Å². The summed E-state index contributed by atoms with van der Waals surface area (Å²) >= 11 is 0. The van der Waals surface area contributed by atoms with Crippen LogP contribution in [0.4, 0.5) is 0 Å². The topological polar surface area (TPSA) is 0 Å². The van der Waals surface area contributed by atoms with E-state index in [2.05, 4.69) is 48.5 Å². The van der Waals surface area contributed by atoms with Gasteiger partial charge >= 0.3 is 0 Å². The van der Waals surface area contributed by atoms with Crippen molar-refractivity contribution in [1.82, 2.24) is 0 Å². The molecule has 0 aromatic heterocycles. The maximum absolute atomic E-state index is 2.45. The summed E-state index contributed by atoms with van der Waals surface area (Å²) in [5.41, 5.74) is 0. The van der Waals surface area contributed by atoms with Crippen LogP contribution in [0.2, 0.25) is 0 Å². The van der Waals surface area contributed by atoms with Crippen molar-refractivity contribution in [1.29, 1.82) is 0 Å². The molecule has 0 fully saturated rings. The molecule has 0 aliphatic heterocycles. The molecule has 4 unspecified atom stereocenters. The minimum absolute atomic E-state index is 0.856. The van der Waals surface area contributed by atoms with Crippen LogP contribution in [0.3, 0.4) is 0 Å². The van der Waals surface area contributed by atoms with Gasteiger partial charge in [0.2, 0.25) is 0 Å². The Morgan fingerprint density at radius 2 is 1.29 bits per heavy atom. The van der Waals surface area contributed by atoms with Gasteiger partial charge in [0, 0.05) is 0 Å². The highest BCUT2D eigenvalue weighted by Gasteiger charge is 2.17. The highest BCUT2D eigenvalue weighted by Crippen LogP contribution is 2.28. The van der Waals surface area contributed by atoms with E-state index in [0.717, 1.165) is 29.6 Å². The summed E-state index contributed by atoms with van der Waals surface area (Å²) in [6, 6.07) is 0. The van der Waals surface area contributed by atoms with Gasteiger partial charge in [-0.3, -0.25) is 0 Å². The molecular weight excluding hydrogens is 204 g/mol. The third kappa shape index (κ3) is 7.11. The lowest BCUT2D eigenvalue weighted by Gasteiger charge is -2.25. The Bertz CT molecular complexity index is 171. The third-order valence-electron chi connectivity index (χ3n) is 4.90. The van der Waals surface area contributed by atoms with Crippen LogP contribution in [0.25, 0.3) is 0 Å². The van der Waals surface area contributed by atoms with Crippen LogP contribution in [0.5, 0.6) is 0 Å². The second kappa shape index (κ2) is 9.00. The van der Waals surface area contributed by atoms with Crippen LogP contribution in [0.1, 0.15) is 80.6 Å². The number of hydrogen-bond acceptors (Lipinski definition) is 0. The zero-order valence-electron chi connectivity index (χ0n) is 13.4. The first-order valence-electron chi connectivity index (χ1n) is 7.92. The molecule has 0 radical (unpaired) electrons. The second-order valence-corrected chi connectivity index (χ2v) is 6.69. The molecule has 0 N–H and O–H groups in total. The van der Waals surface area contributed by atoms with Crippen LogP contribution >= 0.6 is 0 Å². The normalized spacial score (nSPS) is 19.1. The van der Waals surface area contributed by atoms with Gasteiger partial charge in [-0.15, -0.1) is 0 Å². The summed E-state index contributed by atoms with van der Waals surface area (Å²) in [7, 11) is 0. The van der Waals surface area contributed by atoms with E-state index >= 15 is 0 Å². The summed E-state index contributed by atoms with van der Waals surface area (Å²) in [5.74, 6) is 4.50. The highest BCUT2D eigenvalue weighted by atomic mass is 14.2. The summed E-state index contributed by atoms with van der Waals surface area (Å²) < 4.78 is 0. The van der Waals surface area contributed by atoms with Crippen LogP contribution < -0.4 is 0 Å². The molecule has 0 rings (SSSR count). The minimum Gasteiger partial charge on any atom is -0.0651 e. The predicted octanol–water partition coefficient (Wildman–Crippen LogP) is 6.16. The molecule has 0 heterocycles. The first-order chi connectivity index (χ1) is 7.92. The van der Waals surface area contributed by atoms with Crippen molar-refractivity contribution < 1.29 is 0 Å². The fourth-order valence-corrected chi connectivity index (χ4v) is 2.78. The van der Waals surface area contributed by atoms with Gasteiger partial charge in [0.05, 0.1) is 0 Å². The molecule has 17 heavy (non-hydrogen) atoms. The molecule has 0 aliphatic rings. The van der Waals surface area contributed by atoms with Gasteiger partial charge in [-0.2, -0.15) is 0 Å². The van der Waals surface area contributed by atoms with E-state index in [1.807, 2.05) is 0 Å². The molecule has 4 atom stereocenters. The Morgan fingerprint density at radius 1 is 0.706 bits per heavy atom. The quantitative estimate of drug-likeness (QED) is 0.453. The Hall–Kier alpha value is 0. The molecule has 0 nitrogen and oxygen atoms in total. The van der Waals surface area contributed by atoms with Crippen molar-refractivity contribution in [2.24, 2.45) is 29.6 Å². The maximum Gasteiger partial charge on any atom is -0.0391 e. The molecular formula is C17H36. The zero-order chi connectivity index (χ0) is 13.4. The standard InChI is InChI=1S/C17H36/c1-8-15(6)16(7)11-10-14(5)12-17(9-2)13(3)4/h13-17H,8-12H2,1-7H3. The van der Waals surface area contributed by atoms with Gasteiger partial charge in [0.15, 0.2) is 0 Å². The summed E-state index contributed by atoms with van der Waals surface area (Å²) in [5, 5.41) is 0. The van der Waals surface area contributed by atoms with Crippen molar-refractivity contribution in [3.05, 3.63) is 0 Å². The fraction of sp³-hybridized carbons (Fsp3) is 1.00. The lowest BCUT2D eigenvalue weighted by Crippen LogP contribution is -2.14. The SMILES string of the molecule is CCC(C)C(C)CCC(C)CC(CC)C(C)C. The Morgan fingerprint density at radius 3 is 1.71 bits per heavy atom. The van der Waals surface area contributed by atoms with Crippen LogP contribution in [0, 0.1) is 29.6 Å². The second-order valence-electron chi connectivity index (χ2n) is 6.69.